The van der Waals surface area contributed by atoms with E-state index in [1.54, 1.807) is 48.5 Å². The molecule has 0 radical (unpaired) electrons. The maximum absolute atomic E-state index is 11.8. The number of hydrogen-bond donors (Lipinski definition) is 0. The summed E-state index contributed by atoms with van der Waals surface area (Å²) in [6, 6.07) is 14.2. The van der Waals surface area contributed by atoms with E-state index in [1.165, 1.54) is 0 Å². The van der Waals surface area contributed by atoms with Crippen LogP contribution in [-0.2, 0) is 11.2 Å². The fraction of sp³-hybridized carbons (Fsp3) is 0.118. The van der Waals surface area contributed by atoms with Gasteiger partial charge in [0, 0.05) is 21.5 Å². The largest absolute Gasteiger partial charge is 0.427 e. The van der Waals surface area contributed by atoms with Crippen LogP contribution in [0.5, 0.6) is 5.75 Å². The highest BCUT2D eigenvalue weighted by Gasteiger charge is 2.12. The van der Waals surface area contributed by atoms with Gasteiger partial charge in [-0.3, -0.25) is 4.79 Å². The maximum atomic E-state index is 11.8. The Morgan fingerprint density at radius 2 is 1.83 bits per heavy atom. The van der Waals surface area contributed by atoms with Gasteiger partial charge in [0.05, 0.1) is 6.42 Å². The number of aryl methyl sites for hydroxylation is 1. The lowest BCUT2D eigenvalue weighted by atomic mass is 10.2. The second-order valence-electron chi connectivity index (χ2n) is 4.95. The fourth-order valence-electron chi connectivity index (χ4n) is 1.97. The summed E-state index contributed by atoms with van der Waals surface area (Å²) >= 11 is 9.17. The SMILES string of the molecule is O=C(CCc1nc(-c2ccc(Cl)cc2)no1)Oc1ccc(Br)cc1. The van der Waals surface area contributed by atoms with Gasteiger partial charge in [0.2, 0.25) is 11.7 Å². The molecule has 1 aromatic heterocycles. The van der Waals surface area contributed by atoms with Crippen molar-refractivity contribution < 1.29 is 14.1 Å². The van der Waals surface area contributed by atoms with Crippen molar-refractivity contribution in [3.63, 3.8) is 0 Å². The first-order valence-electron chi connectivity index (χ1n) is 7.15. The van der Waals surface area contributed by atoms with Gasteiger partial charge in [0.1, 0.15) is 5.75 Å². The minimum Gasteiger partial charge on any atom is -0.427 e. The van der Waals surface area contributed by atoms with Crippen molar-refractivity contribution in [1.82, 2.24) is 10.1 Å². The summed E-state index contributed by atoms with van der Waals surface area (Å²) in [5.41, 5.74) is 0.798. The Labute approximate surface area is 151 Å². The Morgan fingerprint density at radius 3 is 2.54 bits per heavy atom. The maximum Gasteiger partial charge on any atom is 0.311 e. The molecule has 0 saturated heterocycles. The summed E-state index contributed by atoms with van der Waals surface area (Å²) in [5, 5.41) is 4.54. The van der Waals surface area contributed by atoms with Gasteiger partial charge in [-0.15, -0.1) is 0 Å². The Bertz CT molecular complexity index is 832. The van der Waals surface area contributed by atoms with Crippen LogP contribution in [-0.4, -0.2) is 16.1 Å². The molecule has 0 aliphatic rings. The van der Waals surface area contributed by atoms with Gasteiger partial charge < -0.3 is 9.26 Å². The minimum absolute atomic E-state index is 0.151. The van der Waals surface area contributed by atoms with Gasteiger partial charge in [-0.25, -0.2) is 0 Å². The lowest BCUT2D eigenvalue weighted by molar-refractivity contribution is -0.134. The molecule has 122 valence electrons. The number of ether oxygens (including phenoxy) is 1. The van der Waals surface area contributed by atoms with Crippen molar-refractivity contribution in [3.8, 4) is 17.1 Å². The smallest absolute Gasteiger partial charge is 0.311 e. The van der Waals surface area contributed by atoms with E-state index in [1.807, 2.05) is 0 Å². The van der Waals surface area contributed by atoms with E-state index in [0.29, 0.717) is 28.9 Å². The van der Waals surface area contributed by atoms with Crippen molar-refractivity contribution in [2.24, 2.45) is 0 Å². The molecular formula is C17H12BrClN2O3. The average Bonchev–Trinajstić information content (AvgIpc) is 3.05. The molecule has 0 saturated carbocycles. The summed E-state index contributed by atoms with van der Waals surface area (Å²) in [6.45, 7) is 0. The first kappa shape index (κ1) is 16.7. The number of rotatable bonds is 5. The molecule has 3 aromatic rings. The second kappa shape index (κ2) is 7.59. The van der Waals surface area contributed by atoms with Gasteiger partial charge in [-0.05, 0) is 48.5 Å². The van der Waals surface area contributed by atoms with E-state index >= 15 is 0 Å². The zero-order valence-electron chi connectivity index (χ0n) is 12.4. The van der Waals surface area contributed by atoms with Crippen LogP contribution in [0.3, 0.4) is 0 Å². The minimum atomic E-state index is -0.358. The monoisotopic (exact) mass is 406 g/mol. The fourth-order valence-corrected chi connectivity index (χ4v) is 2.36. The van der Waals surface area contributed by atoms with E-state index in [4.69, 9.17) is 20.9 Å². The first-order chi connectivity index (χ1) is 11.6. The number of nitrogens with zero attached hydrogens (tertiary/aromatic N) is 2. The molecule has 7 heteroatoms. The highest BCUT2D eigenvalue weighted by atomic mass is 79.9. The van der Waals surface area contributed by atoms with Crippen molar-refractivity contribution >= 4 is 33.5 Å². The molecule has 0 fully saturated rings. The Morgan fingerprint density at radius 1 is 1.12 bits per heavy atom. The third-order valence-electron chi connectivity index (χ3n) is 3.16. The molecule has 0 atom stereocenters. The molecular weight excluding hydrogens is 396 g/mol. The number of esters is 1. The molecule has 24 heavy (non-hydrogen) atoms. The van der Waals surface area contributed by atoms with Gasteiger partial charge >= 0.3 is 5.97 Å². The molecule has 0 bridgehead atoms. The standard InChI is InChI=1S/C17H12BrClN2O3/c18-12-3-7-14(8-4-12)23-16(22)10-9-15-20-17(21-24-15)11-1-5-13(19)6-2-11/h1-8H,9-10H2. The van der Waals surface area contributed by atoms with E-state index in [-0.39, 0.29) is 12.4 Å². The number of carbonyl (C=O) groups excluding carboxylic acids is 1. The number of hydrogen-bond acceptors (Lipinski definition) is 5. The van der Waals surface area contributed by atoms with Crippen LogP contribution in [0.15, 0.2) is 57.5 Å². The van der Waals surface area contributed by atoms with Crippen molar-refractivity contribution in [2.75, 3.05) is 0 Å². The summed E-state index contributed by atoms with van der Waals surface area (Å²) in [4.78, 5) is 16.1. The predicted molar refractivity (Wildman–Crippen MR) is 92.8 cm³/mol. The third kappa shape index (κ3) is 4.43. The van der Waals surface area contributed by atoms with E-state index < -0.39 is 0 Å². The van der Waals surface area contributed by atoms with Crippen LogP contribution in [0.2, 0.25) is 5.02 Å². The topological polar surface area (TPSA) is 65.2 Å². The number of carbonyl (C=O) groups is 1. The van der Waals surface area contributed by atoms with Crippen molar-refractivity contribution in [3.05, 3.63) is 63.9 Å². The molecule has 3 rings (SSSR count). The number of aromatic nitrogens is 2. The summed E-state index contributed by atoms with van der Waals surface area (Å²) < 4.78 is 11.3. The molecule has 5 nitrogen and oxygen atoms in total. The molecule has 1 heterocycles. The molecule has 0 unspecified atom stereocenters. The normalized spacial score (nSPS) is 10.6. The van der Waals surface area contributed by atoms with Gasteiger partial charge in [0.25, 0.3) is 0 Å². The predicted octanol–water partition coefficient (Wildman–Crippen LogP) is 4.69. The van der Waals surface area contributed by atoms with Gasteiger partial charge in [-0.1, -0.05) is 32.7 Å². The van der Waals surface area contributed by atoms with E-state index in [2.05, 4.69) is 26.1 Å². The highest BCUT2D eigenvalue weighted by molar-refractivity contribution is 9.10. The lowest BCUT2D eigenvalue weighted by Crippen LogP contribution is -2.09. The average molecular weight is 408 g/mol. The zero-order chi connectivity index (χ0) is 16.9. The number of benzene rings is 2. The van der Waals surface area contributed by atoms with Crippen LogP contribution < -0.4 is 4.74 Å². The van der Waals surface area contributed by atoms with Crippen LogP contribution in [0.4, 0.5) is 0 Å². The van der Waals surface area contributed by atoms with Crippen molar-refractivity contribution in [2.45, 2.75) is 12.8 Å². The van der Waals surface area contributed by atoms with Crippen molar-refractivity contribution in [1.29, 1.82) is 0 Å². The van der Waals surface area contributed by atoms with Gasteiger partial charge in [0.15, 0.2) is 0 Å². The molecule has 0 aliphatic carbocycles. The number of halogens is 2. The zero-order valence-corrected chi connectivity index (χ0v) is 14.8. The summed E-state index contributed by atoms with van der Waals surface area (Å²) in [5.74, 6) is 0.981. The highest BCUT2D eigenvalue weighted by Crippen LogP contribution is 2.19. The third-order valence-corrected chi connectivity index (χ3v) is 3.94. The van der Waals surface area contributed by atoms with Crippen LogP contribution >= 0.6 is 27.5 Å². The summed E-state index contributed by atoms with van der Waals surface area (Å²) in [6.07, 6.45) is 0.467. The van der Waals surface area contributed by atoms with Crippen LogP contribution in [0.25, 0.3) is 11.4 Å². The molecule has 0 N–H and O–H groups in total. The lowest BCUT2D eigenvalue weighted by Gasteiger charge is -2.02. The first-order valence-corrected chi connectivity index (χ1v) is 8.32. The van der Waals surface area contributed by atoms with Gasteiger partial charge in [-0.2, -0.15) is 4.98 Å². The van der Waals surface area contributed by atoms with E-state index in [0.717, 1.165) is 10.0 Å². The molecule has 2 aromatic carbocycles. The van der Waals surface area contributed by atoms with Crippen LogP contribution in [0, 0.1) is 0 Å². The van der Waals surface area contributed by atoms with E-state index in [9.17, 15) is 4.79 Å². The summed E-state index contributed by atoms with van der Waals surface area (Å²) in [7, 11) is 0. The Hall–Kier alpha value is -2.18. The Balaban J connectivity index is 1.56. The molecule has 0 amide bonds. The second-order valence-corrected chi connectivity index (χ2v) is 6.30. The Kier molecular flexibility index (Phi) is 5.27. The molecule has 0 aliphatic heterocycles. The van der Waals surface area contributed by atoms with Crippen LogP contribution in [0.1, 0.15) is 12.3 Å². The quantitative estimate of drug-likeness (QED) is 0.453. The molecule has 0 spiro atoms.